The average molecular weight is 573 g/mol. The third-order valence-corrected chi connectivity index (χ3v) is 7.96. The van der Waals surface area contributed by atoms with Crippen molar-refractivity contribution in [2.75, 3.05) is 43.2 Å². The van der Waals surface area contributed by atoms with E-state index in [0.717, 1.165) is 9.20 Å². The van der Waals surface area contributed by atoms with Crippen LogP contribution in [0.2, 0.25) is 0 Å². The van der Waals surface area contributed by atoms with Gasteiger partial charge in [-0.3, -0.25) is 9.10 Å². The Hall–Kier alpha value is -4.03. The average Bonchev–Trinajstić information content (AvgIpc) is 2.95. The molecule has 0 bridgehead atoms. The summed E-state index contributed by atoms with van der Waals surface area (Å²) in [6.45, 7) is 1.66. The van der Waals surface area contributed by atoms with Crippen molar-refractivity contribution >= 4 is 51.0 Å². The maximum atomic E-state index is 13.7. The van der Waals surface area contributed by atoms with Crippen LogP contribution in [-0.4, -0.2) is 59.9 Å². The van der Waals surface area contributed by atoms with E-state index in [0.29, 0.717) is 12.4 Å². The minimum Gasteiger partial charge on any atom is -0.494 e. The van der Waals surface area contributed by atoms with Crippen molar-refractivity contribution in [3.8, 4) is 5.75 Å². The number of sulfonamides is 1. The number of carbonyl (C=O) groups is 3. The quantitative estimate of drug-likeness (QED) is 0.265. The number of nitrogens with one attached hydrogen (secondary N) is 1. The molecule has 3 aromatic carbocycles. The highest BCUT2D eigenvalue weighted by atomic mass is 32.2. The van der Waals surface area contributed by atoms with Crippen molar-refractivity contribution in [2.24, 2.45) is 0 Å². The summed E-state index contributed by atoms with van der Waals surface area (Å²) in [5, 5.41) is 2.57. The molecule has 3 aromatic rings. The van der Waals surface area contributed by atoms with Gasteiger partial charge in [0.25, 0.3) is 10.0 Å². The molecule has 0 saturated carbocycles. The van der Waals surface area contributed by atoms with E-state index < -0.39 is 34.4 Å². The van der Waals surface area contributed by atoms with Gasteiger partial charge in [0, 0.05) is 10.6 Å². The predicted molar refractivity (Wildman–Crippen MR) is 148 cm³/mol. The molecule has 1 N–H and O–H groups in total. The van der Waals surface area contributed by atoms with Gasteiger partial charge in [-0.05, 0) is 79.9 Å². The number of benzene rings is 3. The summed E-state index contributed by atoms with van der Waals surface area (Å²) in [6.07, 6.45) is 1.88. The summed E-state index contributed by atoms with van der Waals surface area (Å²) >= 11 is 1.47. The molecule has 0 fully saturated rings. The van der Waals surface area contributed by atoms with E-state index in [-0.39, 0.29) is 27.4 Å². The van der Waals surface area contributed by atoms with E-state index >= 15 is 0 Å². The number of hydrogen-bond acceptors (Lipinski definition) is 9. The van der Waals surface area contributed by atoms with Gasteiger partial charge in [-0.2, -0.15) is 0 Å². The molecular formula is C27H28N2O8S2. The van der Waals surface area contributed by atoms with Crippen molar-refractivity contribution in [2.45, 2.75) is 16.7 Å². The summed E-state index contributed by atoms with van der Waals surface area (Å²) in [5.74, 6) is -1.64. The molecule has 206 valence electrons. The fourth-order valence-corrected chi connectivity index (χ4v) is 5.40. The van der Waals surface area contributed by atoms with Crippen molar-refractivity contribution in [1.82, 2.24) is 0 Å². The molecule has 0 aromatic heterocycles. The van der Waals surface area contributed by atoms with Crippen LogP contribution in [-0.2, 0) is 24.3 Å². The van der Waals surface area contributed by atoms with Crippen molar-refractivity contribution in [3.05, 3.63) is 77.9 Å². The van der Waals surface area contributed by atoms with Gasteiger partial charge in [0.05, 0.1) is 42.5 Å². The maximum Gasteiger partial charge on any atom is 0.337 e. The first kappa shape index (κ1) is 29.5. The Balaban J connectivity index is 1.98. The normalized spacial score (nSPS) is 10.9. The molecule has 0 saturated heterocycles. The number of hydrogen-bond donors (Lipinski definition) is 1. The second-order valence-corrected chi connectivity index (χ2v) is 10.7. The summed E-state index contributed by atoms with van der Waals surface area (Å²) in [6, 6.07) is 16.5. The van der Waals surface area contributed by atoms with Crippen molar-refractivity contribution in [3.63, 3.8) is 0 Å². The molecule has 3 rings (SSSR count). The second-order valence-electron chi connectivity index (χ2n) is 7.94. The van der Waals surface area contributed by atoms with Gasteiger partial charge in [-0.15, -0.1) is 11.8 Å². The highest BCUT2D eigenvalue weighted by Crippen LogP contribution is 2.27. The molecular weight excluding hydrogens is 544 g/mol. The smallest absolute Gasteiger partial charge is 0.337 e. The number of amides is 1. The molecule has 0 unspecified atom stereocenters. The van der Waals surface area contributed by atoms with Crippen LogP contribution in [0.4, 0.5) is 11.4 Å². The van der Waals surface area contributed by atoms with Crippen LogP contribution in [0, 0.1) is 0 Å². The van der Waals surface area contributed by atoms with Gasteiger partial charge in [-0.1, -0.05) is 0 Å². The van der Waals surface area contributed by atoms with E-state index in [9.17, 15) is 22.8 Å². The van der Waals surface area contributed by atoms with Gasteiger partial charge >= 0.3 is 11.9 Å². The molecule has 0 heterocycles. The molecule has 0 spiro atoms. The number of rotatable bonds is 11. The number of methoxy groups -OCH3 is 2. The number of nitrogens with zero attached hydrogens (tertiary/aromatic N) is 1. The number of thioether (sulfide) groups is 1. The van der Waals surface area contributed by atoms with Crippen molar-refractivity contribution < 1.29 is 37.0 Å². The molecule has 1 amide bonds. The Labute approximate surface area is 231 Å². The monoisotopic (exact) mass is 572 g/mol. The summed E-state index contributed by atoms with van der Waals surface area (Å²) in [4.78, 5) is 38.2. The summed E-state index contributed by atoms with van der Waals surface area (Å²) in [7, 11) is -1.81. The lowest BCUT2D eigenvalue weighted by Crippen LogP contribution is -2.38. The number of anilines is 2. The molecule has 0 aliphatic carbocycles. The predicted octanol–water partition coefficient (Wildman–Crippen LogP) is 4.21. The highest BCUT2D eigenvalue weighted by Gasteiger charge is 2.28. The van der Waals surface area contributed by atoms with E-state index in [4.69, 9.17) is 14.2 Å². The van der Waals surface area contributed by atoms with Gasteiger partial charge in [-0.25, -0.2) is 18.0 Å². The first-order valence-electron chi connectivity index (χ1n) is 11.6. The topological polar surface area (TPSA) is 128 Å². The Bertz CT molecular complexity index is 1410. The first-order chi connectivity index (χ1) is 18.6. The van der Waals surface area contributed by atoms with Gasteiger partial charge < -0.3 is 19.5 Å². The van der Waals surface area contributed by atoms with Crippen LogP contribution in [0.1, 0.15) is 27.6 Å². The first-order valence-corrected chi connectivity index (χ1v) is 14.3. The lowest BCUT2D eigenvalue weighted by atomic mass is 10.1. The standard InChI is InChI=1S/C27H28N2O8S2/c1-5-37-22-8-6-21(7-9-22)29(39(33,34)24-12-10-23(38-4)11-13-24)17-25(30)28-20-15-18(26(31)35-2)14-19(16-20)27(32)36-3/h6-16H,5,17H2,1-4H3,(H,28,30). The van der Waals surface area contributed by atoms with Crippen LogP contribution in [0.25, 0.3) is 0 Å². The van der Waals surface area contributed by atoms with Crippen molar-refractivity contribution in [1.29, 1.82) is 0 Å². The van der Waals surface area contributed by atoms with Gasteiger partial charge in [0.2, 0.25) is 5.91 Å². The third-order valence-electron chi connectivity index (χ3n) is 5.43. The Kier molecular flexibility index (Phi) is 9.96. The third kappa shape index (κ3) is 7.30. The van der Waals surface area contributed by atoms with Crippen LogP contribution in [0.3, 0.4) is 0 Å². The largest absolute Gasteiger partial charge is 0.494 e. The van der Waals surface area contributed by atoms with Crippen LogP contribution in [0.15, 0.2) is 76.5 Å². The van der Waals surface area contributed by atoms with Crippen LogP contribution >= 0.6 is 11.8 Å². The zero-order valence-corrected chi connectivity index (χ0v) is 23.4. The zero-order chi connectivity index (χ0) is 28.6. The number of ether oxygens (including phenoxy) is 3. The Morgan fingerprint density at radius 1 is 0.872 bits per heavy atom. The molecule has 0 atom stereocenters. The minimum atomic E-state index is -4.17. The fourth-order valence-electron chi connectivity index (χ4n) is 3.57. The second kappa shape index (κ2) is 13.2. The van der Waals surface area contributed by atoms with E-state index in [1.54, 1.807) is 36.4 Å². The number of esters is 2. The lowest BCUT2D eigenvalue weighted by molar-refractivity contribution is -0.114. The molecule has 0 radical (unpaired) electrons. The van der Waals surface area contributed by atoms with E-state index in [1.807, 2.05) is 13.2 Å². The van der Waals surface area contributed by atoms with Gasteiger partial charge in [0.15, 0.2) is 0 Å². The Morgan fingerprint density at radius 2 is 1.44 bits per heavy atom. The SMILES string of the molecule is CCOc1ccc(N(CC(=O)Nc2cc(C(=O)OC)cc(C(=O)OC)c2)S(=O)(=O)c2ccc(SC)cc2)cc1. The van der Waals surface area contributed by atoms with Gasteiger partial charge in [0.1, 0.15) is 12.3 Å². The molecule has 0 aliphatic heterocycles. The molecule has 0 aliphatic rings. The minimum absolute atomic E-state index is 0.000532. The van der Waals surface area contributed by atoms with Crippen LogP contribution < -0.4 is 14.4 Å². The highest BCUT2D eigenvalue weighted by molar-refractivity contribution is 7.98. The van der Waals surface area contributed by atoms with E-state index in [2.05, 4.69) is 5.32 Å². The fraction of sp³-hybridized carbons (Fsp3) is 0.222. The number of carbonyl (C=O) groups excluding carboxylic acids is 3. The van der Waals surface area contributed by atoms with Crippen LogP contribution in [0.5, 0.6) is 5.75 Å². The maximum absolute atomic E-state index is 13.7. The summed E-state index contributed by atoms with van der Waals surface area (Å²) in [5.41, 5.74) is 0.318. The Morgan fingerprint density at radius 3 is 1.92 bits per heavy atom. The molecule has 10 nitrogen and oxygen atoms in total. The lowest BCUT2D eigenvalue weighted by Gasteiger charge is -2.24. The summed E-state index contributed by atoms with van der Waals surface area (Å²) < 4.78 is 43.2. The molecule has 39 heavy (non-hydrogen) atoms. The van der Waals surface area contributed by atoms with E-state index in [1.165, 1.54) is 56.3 Å². The molecule has 12 heteroatoms. The zero-order valence-electron chi connectivity index (χ0n) is 21.8.